The zero-order valence-corrected chi connectivity index (χ0v) is 7.27. The molecule has 5 nitrogen and oxygen atoms in total. The van der Waals surface area contributed by atoms with Gasteiger partial charge in [0.1, 0.15) is 0 Å². The number of hydrogen-bond donors (Lipinski definition) is 2. The Hall–Kier alpha value is -1.49. The highest BCUT2D eigenvalue weighted by molar-refractivity contribution is 5.93. The van der Waals surface area contributed by atoms with Crippen LogP contribution in [-0.2, 0) is 0 Å². The molecule has 0 aliphatic rings. The molecule has 0 radical (unpaired) electrons. The van der Waals surface area contributed by atoms with Gasteiger partial charge in [0, 0.05) is 6.54 Å². The van der Waals surface area contributed by atoms with E-state index >= 15 is 0 Å². The lowest BCUT2D eigenvalue weighted by Crippen LogP contribution is -2.30. The highest BCUT2D eigenvalue weighted by Crippen LogP contribution is 1.92. The van der Waals surface area contributed by atoms with E-state index in [2.05, 4.69) is 15.5 Å². The van der Waals surface area contributed by atoms with E-state index in [0.29, 0.717) is 5.56 Å². The van der Waals surface area contributed by atoms with Gasteiger partial charge in [-0.1, -0.05) is 0 Å². The number of rotatable bonds is 3. The average Bonchev–Trinajstić information content (AvgIpc) is 2.15. The number of aliphatic hydroxyl groups excluding tert-OH is 1. The fourth-order valence-electron chi connectivity index (χ4n) is 0.767. The number of aromatic nitrogens is 2. The Labute approximate surface area is 75.8 Å². The summed E-state index contributed by atoms with van der Waals surface area (Å²) in [6.45, 7) is 1.84. The molecule has 1 atom stereocenters. The number of carbonyl (C=O) groups is 1. The molecular weight excluding hydrogens is 170 g/mol. The summed E-state index contributed by atoms with van der Waals surface area (Å²) >= 11 is 0. The van der Waals surface area contributed by atoms with E-state index in [0.717, 1.165) is 0 Å². The standard InChI is InChI=1S/C8H11N3O2/c1-6(12)4-9-8(13)7-2-3-10-11-5-7/h2-3,5-6,12H,4H2,1H3,(H,9,13)/t6-/m1/s1. The van der Waals surface area contributed by atoms with Crippen LogP contribution in [0, 0.1) is 0 Å². The van der Waals surface area contributed by atoms with Gasteiger partial charge in [0.05, 0.1) is 24.1 Å². The topological polar surface area (TPSA) is 75.1 Å². The van der Waals surface area contributed by atoms with Crippen LogP contribution in [0.25, 0.3) is 0 Å². The first-order valence-electron chi connectivity index (χ1n) is 3.93. The molecular formula is C8H11N3O2. The van der Waals surface area contributed by atoms with Gasteiger partial charge in [0.25, 0.3) is 5.91 Å². The summed E-state index contributed by atoms with van der Waals surface area (Å²) in [4.78, 5) is 11.3. The maximum atomic E-state index is 11.3. The van der Waals surface area contributed by atoms with Gasteiger partial charge >= 0.3 is 0 Å². The number of hydrogen-bond acceptors (Lipinski definition) is 4. The van der Waals surface area contributed by atoms with Gasteiger partial charge in [0.15, 0.2) is 0 Å². The fraction of sp³-hybridized carbons (Fsp3) is 0.375. The minimum Gasteiger partial charge on any atom is -0.392 e. The van der Waals surface area contributed by atoms with Crippen LogP contribution in [0.3, 0.4) is 0 Å². The third-order valence-electron chi connectivity index (χ3n) is 1.40. The smallest absolute Gasteiger partial charge is 0.253 e. The molecule has 13 heavy (non-hydrogen) atoms. The second-order valence-electron chi connectivity index (χ2n) is 2.69. The average molecular weight is 181 g/mol. The Kier molecular flexibility index (Phi) is 3.33. The Morgan fingerprint density at radius 1 is 1.69 bits per heavy atom. The summed E-state index contributed by atoms with van der Waals surface area (Å²) < 4.78 is 0. The number of nitrogens with zero attached hydrogens (tertiary/aromatic N) is 2. The molecule has 0 bridgehead atoms. The molecule has 0 saturated heterocycles. The van der Waals surface area contributed by atoms with Crippen LogP contribution in [0.1, 0.15) is 17.3 Å². The predicted octanol–water partition coefficient (Wildman–Crippen LogP) is -0.413. The number of amides is 1. The Morgan fingerprint density at radius 2 is 2.46 bits per heavy atom. The molecule has 5 heteroatoms. The molecule has 0 aliphatic carbocycles. The van der Waals surface area contributed by atoms with Gasteiger partial charge < -0.3 is 10.4 Å². The van der Waals surface area contributed by atoms with Gasteiger partial charge in [-0.25, -0.2) is 0 Å². The third-order valence-corrected chi connectivity index (χ3v) is 1.40. The fourth-order valence-corrected chi connectivity index (χ4v) is 0.767. The van der Waals surface area contributed by atoms with Crippen molar-refractivity contribution in [1.29, 1.82) is 0 Å². The second-order valence-corrected chi connectivity index (χ2v) is 2.69. The number of carbonyl (C=O) groups excluding carboxylic acids is 1. The van der Waals surface area contributed by atoms with Gasteiger partial charge in [-0.05, 0) is 13.0 Å². The zero-order chi connectivity index (χ0) is 9.68. The number of aliphatic hydroxyl groups is 1. The van der Waals surface area contributed by atoms with Crippen LogP contribution in [0.2, 0.25) is 0 Å². The molecule has 0 fully saturated rings. The molecule has 1 rings (SSSR count). The SMILES string of the molecule is C[C@@H](O)CNC(=O)c1ccnnc1. The normalized spacial score (nSPS) is 12.2. The van der Waals surface area contributed by atoms with Crippen molar-refractivity contribution in [2.45, 2.75) is 13.0 Å². The van der Waals surface area contributed by atoms with E-state index in [4.69, 9.17) is 5.11 Å². The van der Waals surface area contributed by atoms with E-state index < -0.39 is 6.10 Å². The molecule has 1 aromatic heterocycles. The summed E-state index contributed by atoms with van der Waals surface area (Å²) in [5, 5.41) is 18.6. The molecule has 0 aliphatic heterocycles. The predicted molar refractivity (Wildman–Crippen MR) is 46.0 cm³/mol. The summed E-state index contributed by atoms with van der Waals surface area (Å²) in [7, 11) is 0. The lowest BCUT2D eigenvalue weighted by atomic mass is 10.3. The Morgan fingerprint density at radius 3 is 3.00 bits per heavy atom. The molecule has 0 aromatic carbocycles. The van der Waals surface area contributed by atoms with E-state index in [-0.39, 0.29) is 12.5 Å². The summed E-state index contributed by atoms with van der Waals surface area (Å²) in [5.41, 5.74) is 0.440. The van der Waals surface area contributed by atoms with Crippen molar-refractivity contribution in [3.05, 3.63) is 24.0 Å². The van der Waals surface area contributed by atoms with Crippen molar-refractivity contribution in [2.24, 2.45) is 0 Å². The van der Waals surface area contributed by atoms with Gasteiger partial charge in [0.2, 0.25) is 0 Å². The van der Waals surface area contributed by atoms with Crippen molar-refractivity contribution in [3.8, 4) is 0 Å². The monoisotopic (exact) mass is 181 g/mol. The summed E-state index contributed by atoms with van der Waals surface area (Å²) in [6, 6.07) is 1.56. The van der Waals surface area contributed by atoms with Crippen molar-refractivity contribution >= 4 is 5.91 Å². The van der Waals surface area contributed by atoms with Crippen LogP contribution in [0.15, 0.2) is 18.5 Å². The highest BCUT2D eigenvalue weighted by Gasteiger charge is 2.05. The van der Waals surface area contributed by atoms with Crippen LogP contribution in [0.4, 0.5) is 0 Å². The maximum absolute atomic E-state index is 11.3. The molecule has 0 spiro atoms. The molecule has 1 aromatic rings. The third kappa shape index (κ3) is 3.16. The lowest BCUT2D eigenvalue weighted by molar-refractivity contribution is 0.0923. The van der Waals surface area contributed by atoms with Crippen LogP contribution in [0.5, 0.6) is 0 Å². The van der Waals surface area contributed by atoms with Crippen molar-refractivity contribution in [1.82, 2.24) is 15.5 Å². The summed E-state index contributed by atoms with van der Waals surface area (Å²) in [5.74, 6) is -0.254. The second kappa shape index (κ2) is 4.51. The summed E-state index contributed by atoms with van der Waals surface area (Å²) in [6.07, 6.45) is 2.27. The van der Waals surface area contributed by atoms with Crippen molar-refractivity contribution in [2.75, 3.05) is 6.54 Å². The van der Waals surface area contributed by atoms with Crippen molar-refractivity contribution in [3.63, 3.8) is 0 Å². The first-order valence-corrected chi connectivity index (χ1v) is 3.93. The molecule has 0 unspecified atom stereocenters. The Bertz CT molecular complexity index is 274. The van der Waals surface area contributed by atoms with E-state index in [1.54, 1.807) is 13.0 Å². The largest absolute Gasteiger partial charge is 0.392 e. The lowest BCUT2D eigenvalue weighted by Gasteiger charge is -2.05. The maximum Gasteiger partial charge on any atom is 0.253 e. The molecule has 2 N–H and O–H groups in total. The van der Waals surface area contributed by atoms with Gasteiger partial charge in [-0.2, -0.15) is 10.2 Å². The minimum absolute atomic E-state index is 0.237. The first-order chi connectivity index (χ1) is 6.20. The van der Waals surface area contributed by atoms with Crippen LogP contribution in [-0.4, -0.2) is 33.9 Å². The zero-order valence-electron chi connectivity index (χ0n) is 7.27. The molecule has 0 saturated carbocycles. The Balaban J connectivity index is 2.50. The van der Waals surface area contributed by atoms with Crippen LogP contribution < -0.4 is 5.32 Å². The van der Waals surface area contributed by atoms with Crippen LogP contribution >= 0.6 is 0 Å². The van der Waals surface area contributed by atoms with E-state index in [9.17, 15) is 4.79 Å². The highest BCUT2D eigenvalue weighted by atomic mass is 16.3. The first kappa shape index (κ1) is 9.60. The van der Waals surface area contributed by atoms with Gasteiger partial charge in [-0.15, -0.1) is 0 Å². The molecule has 1 heterocycles. The number of nitrogens with one attached hydrogen (secondary N) is 1. The van der Waals surface area contributed by atoms with E-state index in [1.165, 1.54) is 12.4 Å². The minimum atomic E-state index is -0.543. The van der Waals surface area contributed by atoms with Gasteiger partial charge in [-0.3, -0.25) is 4.79 Å². The van der Waals surface area contributed by atoms with E-state index in [1.807, 2.05) is 0 Å². The quantitative estimate of drug-likeness (QED) is 0.664. The molecule has 70 valence electrons. The van der Waals surface area contributed by atoms with Crippen molar-refractivity contribution < 1.29 is 9.90 Å². The molecule has 1 amide bonds.